The number of fused-ring (bicyclic) bond motifs is 13. The second-order valence-electron chi connectivity index (χ2n) is 15.9. The lowest BCUT2D eigenvalue weighted by Gasteiger charge is -2.13. The number of aromatic nitrogens is 4. The summed E-state index contributed by atoms with van der Waals surface area (Å²) in [5, 5.41) is 11.5. The minimum absolute atomic E-state index is 0.595. The molecule has 62 heavy (non-hydrogen) atoms. The second kappa shape index (κ2) is 12.9. The Labute approximate surface area is 361 Å². The maximum absolute atomic E-state index is 6.86. The predicted molar refractivity (Wildman–Crippen MR) is 261 cm³/mol. The fourth-order valence-corrected chi connectivity index (χ4v) is 12.0. The number of benzene rings is 9. The fraction of sp³-hybridized carbons (Fsp3) is 0. The zero-order valence-corrected chi connectivity index (χ0v) is 34.5. The quantitative estimate of drug-likeness (QED) is 0.177. The van der Waals surface area contributed by atoms with Crippen molar-refractivity contribution in [2.75, 3.05) is 0 Å². The number of furan rings is 1. The van der Waals surface area contributed by atoms with Crippen LogP contribution in [0.1, 0.15) is 0 Å². The molecule has 0 spiro atoms. The van der Waals surface area contributed by atoms with Gasteiger partial charge in [-0.1, -0.05) is 121 Å². The van der Waals surface area contributed by atoms with E-state index in [1.54, 1.807) is 22.7 Å². The summed E-state index contributed by atoms with van der Waals surface area (Å²) in [7, 11) is 0. The smallest absolute Gasteiger partial charge is 0.164 e. The first-order chi connectivity index (χ1) is 30.7. The van der Waals surface area contributed by atoms with E-state index in [1.165, 1.54) is 51.1 Å². The molecule has 0 N–H and O–H groups in total. The first kappa shape index (κ1) is 34.0. The predicted octanol–water partition coefficient (Wildman–Crippen LogP) is 15.8. The molecule has 5 nitrogen and oxygen atoms in total. The lowest BCUT2D eigenvalue weighted by molar-refractivity contribution is 0.666. The van der Waals surface area contributed by atoms with Crippen molar-refractivity contribution >= 4 is 118 Å². The number of nitrogens with zero attached hydrogens (tertiary/aromatic N) is 4. The van der Waals surface area contributed by atoms with Gasteiger partial charge in [-0.25, -0.2) is 15.0 Å². The molecule has 0 saturated carbocycles. The summed E-state index contributed by atoms with van der Waals surface area (Å²) in [6.07, 6.45) is 0. The molecule has 0 aliphatic rings. The topological polar surface area (TPSA) is 56.7 Å². The summed E-state index contributed by atoms with van der Waals surface area (Å²) < 4.78 is 14.1. The highest BCUT2D eigenvalue weighted by molar-refractivity contribution is 7.26. The molecule has 9 aromatic carbocycles. The molecule has 0 fully saturated rings. The maximum Gasteiger partial charge on any atom is 0.164 e. The van der Waals surface area contributed by atoms with Gasteiger partial charge in [0.2, 0.25) is 0 Å². The maximum atomic E-state index is 6.86. The third kappa shape index (κ3) is 4.92. The van der Waals surface area contributed by atoms with Crippen LogP contribution in [0.3, 0.4) is 0 Å². The van der Waals surface area contributed by atoms with Crippen LogP contribution in [0.4, 0.5) is 0 Å². The largest absolute Gasteiger partial charge is 0.454 e. The van der Waals surface area contributed by atoms with Crippen LogP contribution in [0.15, 0.2) is 186 Å². The molecule has 14 rings (SSSR count). The Morgan fingerprint density at radius 3 is 1.63 bits per heavy atom. The van der Waals surface area contributed by atoms with Crippen LogP contribution in [0.5, 0.6) is 0 Å². The van der Waals surface area contributed by atoms with E-state index in [1.807, 2.05) is 6.07 Å². The molecule has 0 amide bonds. The number of hydrogen-bond acceptors (Lipinski definition) is 6. The Hall–Kier alpha value is -7.71. The average molecular weight is 827 g/mol. The van der Waals surface area contributed by atoms with Gasteiger partial charge in [0.1, 0.15) is 5.58 Å². The van der Waals surface area contributed by atoms with Crippen molar-refractivity contribution in [3.8, 4) is 39.9 Å². The van der Waals surface area contributed by atoms with Crippen molar-refractivity contribution in [1.29, 1.82) is 0 Å². The van der Waals surface area contributed by atoms with E-state index in [0.29, 0.717) is 17.5 Å². The summed E-state index contributed by atoms with van der Waals surface area (Å²) >= 11 is 3.60. The number of hydrogen-bond donors (Lipinski definition) is 0. The first-order valence-electron chi connectivity index (χ1n) is 20.7. The molecular formula is C55H30N4OS2. The van der Waals surface area contributed by atoms with E-state index in [-0.39, 0.29) is 0 Å². The molecule has 5 heterocycles. The first-order valence-corrected chi connectivity index (χ1v) is 22.3. The van der Waals surface area contributed by atoms with E-state index in [9.17, 15) is 0 Å². The summed E-state index contributed by atoms with van der Waals surface area (Å²) in [5.41, 5.74) is 7.61. The minimum atomic E-state index is 0.595. The van der Waals surface area contributed by atoms with Crippen LogP contribution in [-0.4, -0.2) is 19.5 Å². The third-order valence-electron chi connectivity index (χ3n) is 12.4. The van der Waals surface area contributed by atoms with Crippen molar-refractivity contribution in [3.63, 3.8) is 0 Å². The molecule has 0 aliphatic heterocycles. The summed E-state index contributed by atoms with van der Waals surface area (Å²) in [5.74, 6) is 1.87. The van der Waals surface area contributed by atoms with E-state index < -0.39 is 0 Å². The molecule has 0 radical (unpaired) electrons. The van der Waals surface area contributed by atoms with Gasteiger partial charge in [0, 0.05) is 78.6 Å². The van der Waals surface area contributed by atoms with Gasteiger partial charge in [0.05, 0.1) is 16.7 Å². The van der Waals surface area contributed by atoms with Gasteiger partial charge in [-0.3, -0.25) is 0 Å². The van der Waals surface area contributed by atoms with Gasteiger partial charge in [-0.15, -0.1) is 22.7 Å². The fourth-order valence-electron chi connectivity index (χ4n) is 9.69. The standard InChI is InChI=1S/C55H30N4OS2/c1-2-14-32-29-43-40(27-31(32)13-1)34-15-3-7-21-42(34)59(43)44-30-33(28-41-35-16-4-8-22-45(35)60-52(41)44)53-56-54(38-19-11-25-48-50(38)36-17-5-9-23-46(36)61-48)58-55(57-53)39-20-12-26-49-51(39)37-18-6-10-24-47(37)62-49/h1-30H. The van der Waals surface area contributed by atoms with Gasteiger partial charge in [-0.2, -0.15) is 0 Å². The van der Waals surface area contributed by atoms with E-state index in [4.69, 9.17) is 19.4 Å². The monoisotopic (exact) mass is 826 g/mol. The van der Waals surface area contributed by atoms with Crippen molar-refractivity contribution in [2.45, 2.75) is 0 Å². The Balaban J connectivity index is 1.11. The van der Waals surface area contributed by atoms with Crippen molar-refractivity contribution in [2.24, 2.45) is 0 Å². The molecule has 0 unspecified atom stereocenters. The summed E-state index contributed by atoms with van der Waals surface area (Å²) in [6, 6.07) is 64.8. The lowest BCUT2D eigenvalue weighted by atomic mass is 10.0. The molecule has 288 valence electrons. The highest BCUT2D eigenvalue weighted by atomic mass is 32.1. The molecule has 0 aliphatic carbocycles. The number of rotatable bonds is 4. The minimum Gasteiger partial charge on any atom is -0.454 e. The van der Waals surface area contributed by atoms with Crippen LogP contribution in [-0.2, 0) is 0 Å². The van der Waals surface area contributed by atoms with Crippen LogP contribution in [0.2, 0.25) is 0 Å². The zero-order chi connectivity index (χ0) is 40.5. The normalized spacial score (nSPS) is 12.2. The average Bonchev–Trinajstić information content (AvgIpc) is 4.09. The van der Waals surface area contributed by atoms with E-state index >= 15 is 0 Å². The molecule has 14 aromatic rings. The van der Waals surface area contributed by atoms with Gasteiger partial charge in [-0.05, 0) is 71.4 Å². The number of thiophene rings is 2. The van der Waals surface area contributed by atoms with Gasteiger partial charge >= 0.3 is 0 Å². The zero-order valence-electron chi connectivity index (χ0n) is 32.8. The molecule has 5 aromatic heterocycles. The van der Waals surface area contributed by atoms with E-state index in [0.717, 1.165) is 66.1 Å². The second-order valence-corrected chi connectivity index (χ2v) is 18.1. The van der Waals surface area contributed by atoms with E-state index in [2.05, 4.69) is 180 Å². The summed E-state index contributed by atoms with van der Waals surface area (Å²) in [6.45, 7) is 0. The van der Waals surface area contributed by atoms with Crippen LogP contribution in [0, 0.1) is 0 Å². The Kier molecular flexibility index (Phi) is 7.08. The van der Waals surface area contributed by atoms with Crippen molar-refractivity contribution < 1.29 is 4.42 Å². The van der Waals surface area contributed by atoms with Crippen molar-refractivity contribution in [1.82, 2.24) is 19.5 Å². The van der Waals surface area contributed by atoms with Crippen molar-refractivity contribution in [3.05, 3.63) is 182 Å². The lowest BCUT2D eigenvalue weighted by Crippen LogP contribution is -2.02. The van der Waals surface area contributed by atoms with Crippen LogP contribution in [0.25, 0.3) is 135 Å². The molecular weight excluding hydrogens is 797 g/mol. The summed E-state index contributed by atoms with van der Waals surface area (Å²) in [4.78, 5) is 16.4. The Bertz CT molecular complexity index is 4060. The van der Waals surface area contributed by atoms with Crippen LogP contribution < -0.4 is 0 Å². The van der Waals surface area contributed by atoms with Crippen LogP contribution >= 0.6 is 22.7 Å². The Morgan fingerprint density at radius 2 is 0.935 bits per heavy atom. The van der Waals surface area contributed by atoms with Gasteiger partial charge < -0.3 is 8.98 Å². The highest BCUT2D eigenvalue weighted by Gasteiger charge is 2.23. The highest BCUT2D eigenvalue weighted by Crippen LogP contribution is 2.45. The number of para-hydroxylation sites is 2. The molecule has 7 heteroatoms. The Morgan fingerprint density at radius 1 is 0.387 bits per heavy atom. The third-order valence-corrected chi connectivity index (χ3v) is 14.7. The van der Waals surface area contributed by atoms with Gasteiger partial charge in [0.25, 0.3) is 0 Å². The molecule has 0 atom stereocenters. The SMILES string of the molecule is c1ccc2cc3c(cc2c1)c1ccccc1n3-c1cc(-c2nc(-c3cccc4sc5ccccc5c34)nc(-c3cccc4sc5ccccc5c34)n2)cc2c1oc1ccccc12. The molecule has 0 bridgehead atoms. The molecule has 0 saturated heterocycles. The van der Waals surface area contributed by atoms with Gasteiger partial charge in [0.15, 0.2) is 23.1 Å².